The second-order valence-electron chi connectivity index (χ2n) is 4.14. The molecule has 0 aromatic heterocycles. The second kappa shape index (κ2) is 6.23. The molecular formula is C13H21N3O. The molecule has 0 saturated heterocycles. The van der Waals surface area contributed by atoms with Gasteiger partial charge >= 0.3 is 0 Å². The molecule has 1 rings (SSSR count). The lowest BCUT2D eigenvalue weighted by atomic mass is 10.2. The SMILES string of the molecule is CCNC(=O)C/C=C\N1C(C)=CC(C)=NC1C. The van der Waals surface area contributed by atoms with Gasteiger partial charge in [-0.05, 0) is 33.8 Å². The Labute approximate surface area is 103 Å². The van der Waals surface area contributed by atoms with Gasteiger partial charge in [0.1, 0.15) is 6.17 Å². The molecule has 4 nitrogen and oxygen atoms in total. The van der Waals surface area contributed by atoms with Crippen molar-refractivity contribution in [1.82, 2.24) is 10.2 Å². The molecule has 0 aromatic rings. The molecule has 0 aliphatic carbocycles. The summed E-state index contributed by atoms with van der Waals surface area (Å²) in [5.74, 6) is 0.0507. The summed E-state index contributed by atoms with van der Waals surface area (Å²) < 4.78 is 0. The fourth-order valence-electron chi connectivity index (χ4n) is 1.85. The van der Waals surface area contributed by atoms with Gasteiger partial charge in [0.05, 0.1) is 0 Å². The number of carbonyl (C=O) groups excluding carboxylic acids is 1. The van der Waals surface area contributed by atoms with Crippen LogP contribution in [-0.2, 0) is 4.79 Å². The Hall–Kier alpha value is -1.58. The third kappa shape index (κ3) is 4.06. The van der Waals surface area contributed by atoms with E-state index in [2.05, 4.69) is 15.2 Å². The van der Waals surface area contributed by atoms with E-state index in [4.69, 9.17) is 0 Å². The zero-order chi connectivity index (χ0) is 12.8. The number of amides is 1. The summed E-state index contributed by atoms with van der Waals surface area (Å²) in [4.78, 5) is 17.8. The number of rotatable bonds is 4. The fourth-order valence-corrected chi connectivity index (χ4v) is 1.85. The van der Waals surface area contributed by atoms with Crippen molar-refractivity contribution in [3.8, 4) is 0 Å². The molecule has 4 heteroatoms. The molecule has 17 heavy (non-hydrogen) atoms. The Bertz CT molecular complexity index is 369. The summed E-state index contributed by atoms with van der Waals surface area (Å²) in [7, 11) is 0. The molecular weight excluding hydrogens is 214 g/mol. The average Bonchev–Trinajstić information content (AvgIpc) is 2.22. The molecule has 1 aliphatic rings. The minimum Gasteiger partial charge on any atom is -0.356 e. The van der Waals surface area contributed by atoms with Crippen LogP contribution in [0.4, 0.5) is 0 Å². The Kier molecular flexibility index (Phi) is 4.94. The predicted octanol–water partition coefficient (Wildman–Crippen LogP) is 2.05. The number of hydrogen-bond donors (Lipinski definition) is 1. The van der Waals surface area contributed by atoms with Gasteiger partial charge in [0.25, 0.3) is 0 Å². The monoisotopic (exact) mass is 235 g/mol. The van der Waals surface area contributed by atoms with Crippen LogP contribution in [0.1, 0.15) is 34.1 Å². The molecule has 0 radical (unpaired) electrons. The van der Waals surface area contributed by atoms with Crippen LogP contribution in [0.2, 0.25) is 0 Å². The Morgan fingerprint density at radius 2 is 2.29 bits per heavy atom. The van der Waals surface area contributed by atoms with Crippen LogP contribution in [0.15, 0.2) is 29.0 Å². The van der Waals surface area contributed by atoms with Crippen LogP contribution in [0, 0.1) is 0 Å². The lowest BCUT2D eigenvalue weighted by molar-refractivity contribution is -0.120. The number of nitrogens with zero attached hydrogens (tertiary/aromatic N) is 2. The minimum atomic E-state index is 0.0507. The average molecular weight is 235 g/mol. The summed E-state index contributed by atoms with van der Waals surface area (Å²) in [5.41, 5.74) is 2.19. The van der Waals surface area contributed by atoms with Gasteiger partial charge in [-0.25, -0.2) is 0 Å². The van der Waals surface area contributed by atoms with Crippen molar-refractivity contribution in [2.75, 3.05) is 6.54 Å². The van der Waals surface area contributed by atoms with Crippen molar-refractivity contribution in [2.24, 2.45) is 4.99 Å². The molecule has 1 unspecified atom stereocenters. The maximum absolute atomic E-state index is 11.3. The smallest absolute Gasteiger partial charge is 0.223 e. The molecule has 1 aliphatic heterocycles. The van der Waals surface area contributed by atoms with Gasteiger partial charge in [-0.1, -0.05) is 6.08 Å². The van der Waals surface area contributed by atoms with Gasteiger partial charge in [0.2, 0.25) is 5.91 Å². The van der Waals surface area contributed by atoms with Gasteiger partial charge in [-0.2, -0.15) is 0 Å². The highest BCUT2D eigenvalue weighted by Gasteiger charge is 2.14. The highest BCUT2D eigenvalue weighted by molar-refractivity contribution is 5.94. The van der Waals surface area contributed by atoms with E-state index < -0.39 is 0 Å². The zero-order valence-electron chi connectivity index (χ0n) is 11.0. The van der Waals surface area contributed by atoms with Gasteiger partial charge in [0, 0.05) is 30.6 Å². The largest absolute Gasteiger partial charge is 0.356 e. The van der Waals surface area contributed by atoms with E-state index >= 15 is 0 Å². The van der Waals surface area contributed by atoms with Gasteiger partial charge in [-0.15, -0.1) is 0 Å². The standard InChI is InChI=1S/C13H21N3O/c1-5-14-13(17)7-6-8-16-11(3)9-10(2)15-12(16)4/h6,8-9,12H,5,7H2,1-4H3,(H,14,17)/b8-6-. The van der Waals surface area contributed by atoms with E-state index in [-0.39, 0.29) is 12.1 Å². The molecule has 0 spiro atoms. The van der Waals surface area contributed by atoms with E-state index in [1.807, 2.05) is 46.0 Å². The zero-order valence-corrected chi connectivity index (χ0v) is 11.0. The third-order valence-corrected chi connectivity index (χ3v) is 2.56. The highest BCUT2D eigenvalue weighted by Crippen LogP contribution is 2.16. The lowest BCUT2D eigenvalue weighted by Gasteiger charge is -2.29. The predicted molar refractivity (Wildman–Crippen MR) is 70.6 cm³/mol. The van der Waals surface area contributed by atoms with Crippen molar-refractivity contribution in [2.45, 2.75) is 40.3 Å². The van der Waals surface area contributed by atoms with Crippen LogP contribution in [0.3, 0.4) is 0 Å². The first kappa shape index (κ1) is 13.5. The van der Waals surface area contributed by atoms with Crippen LogP contribution in [0.25, 0.3) is 0 Å². The highest BCUT2D eigenvalue weighted by atomic mass is 16.1. The van der Waals surface area contributed by atoms with Crippen molar-refractivity contribution in [3.63, 3.8) is 0 Å². The van der Waals surface area contributed by atoms with E-state index in [0.29, 0.717) is 13.0 Å². The minimum absolute atomic E-state index is 0.0507. The molecule has 0 bridgehead atoms. The number of aliphatic imine (C=N–C) groups is 1. The van der Waals surface area contributed by atoms with Crippen molar-refractivity contribution < 1.29 is 4.79 Å². The summed E-state index contributed by atoms with van der Waals surface area (Å²) in [6.45, 7) is 8.67. The lowest BCUT2D eigenvalue weighted by Crippen LogP contribution is -2.29. The van der Waals surface area contributed by atoms with E-state index in [0.717, 1.165) is 11.4 Å². The molecule has 1 atom stereocenters. The number of allylic oxidation sites excluding steroid dienone is 2. The second-order valence-corrected chi connectivity index (χ2v) is 4.14. The van der Waals surface area contributed by atoms with Gasteiger partial charge < -0.3 is 10.2 Å². The van der Waals surface area contributed by atoms with Crippen LogP contribution in [0.5, 0.6) is 0 Å². The number of nitrogens with one attached hydrogen (secondary N) is 1. The molecule has 1 N–H and O–H groups in total. The van der Waals surface area contributed by atoms with E-state index in [1.165, 1.54) is 0 Å². The van der Waals surface area contributed by atoms with Gasteiger partial charge in [0.15, 0.2) is 0 Å². The first-order valence-electron chi connectivity index (χ1n) is 5.99. The molecule has 1 heterocycles. The molecule has 1 amide bonds. The summed E-state index contributed by atoms with van der Waals surface area (Å²) in [6, 6.07) is 0. The summed E-state index contributed by atoms with van der Waals surface area (Å²) in [6.07, 6.45) is 6.35. The van der Waals surface area contributed by atoms with Gasteiger partial charge in [-0.3, -0.25) is 9.79 Å². The van der Waals surface area contributed by atoms with E-state index in [1.54, 1.807) is 0 Å². The van der Waals surface area contributed by atoms with Crippen LogP contribution >= 0.6 is 0 Å². The first-order chi connectivity index (χ1) is 8.04. The van der Waals surface area contributed by atoms with Crippen molar-refractivity contribution in [3.05, 3.63) is 24.0 Å². The maximum Gasteiger partial charge on any atom is 0.223 e. The Morgan fingerprint density at radius 3 is 2.88 bits per heavy atom. The topological polar surface area (TPSA) is 44.7 Å². The maximum atomic E-state index is 11.3. The van der Waals surface area contributed by atoms with E-state index in [9.17, 15) is 4.79 Å². The van der Waals surface area contributed by atoms with Crippen molar-refractivity contribution in [1.29, 1.82) is 0 Å². The third-order valence-electron chi connectivity index (χ3n) is 2.56. The molecule has 0 saturated carbocycles. The quantitative estimate of drug-likeness (QED) is 0.810. The van der Waals surface area contributed by atoms with Crippen LogP contribution < -0.4 is 5.32 Å². The first-order valence-corrected chi connectivity index (χ1v) is 5.99. The summed E-state index contributed by atoms with van der Waals surface area (Å²) >= 11 is 0. The normalized spacial score (nSPS) is 20.2. The fraction of sp³-hybridized carbons (Fsp3) is 0.538. The Morgan fingerprint density at radius 1 is 1.59 bits per heavy atom. The number of carbonyl (C=O) groups is 1. The molecule has 0 fully saturated rings. The number of hydrogen-bond acceptors (Lipinski definition) is 3. The molecule has 0 aromatic carbocycles. The van der Waals surface area contributed by atoms with Crippen molar-refractivity contribution >= 4 is 11.6 Å². The molecule has 94 valence electrons. The van der Waals surface area contributed by atoms with Crippen LogP contribution in [-0.4, -0.2) is 29.2 Å². The summed E-state index contributed by atoms with van der Waals surface area (Å²) in [5, 5.41) is 2.76. The Balaban J connectivity index is 2.55.